The molecule has 1 aliphatic rings. The number of aliphatic hydroxyl groups is 1. The fraction of sp³-hybridized carbons (Fsp3) is 0.550. The van der Waals surface area contributed by atoms with Crippen molar-refractivity contribution in [3.63, 3.8) is 0 Å². The zero-order chi connectivity index (χ0) is 17.6. The molecular formula is C20H29ClN2O3. The Kier molecular flexibility index (Phi) is 7.94. The van der Waals surface area contributed by atoms with E-state index in [2.05, 4.69) is 23.7 Å². The highest BCUT2D eigenvalue weighted by atomic mass is 35.5. The normalized spacial score (nSPS) is 13.8. The average Bonchev–Trinajstić information content (AvgIpc) is 3.08. The molecule has 1 aliphatic heterocycles. The SMILES string of the molecule is CCCCN(CCCC)CC(O)c1ccnc2cc3c(cc12)OCO3.Cl. The summed E-state index contributed by atoms with van der Waals surface area (Å²) in [4.78, 5) is 6.79. The number of unbranched alkanes of at least 4 members (excludes halogenated alkanes) is 2. The minimum atomic E-state index is -0.542. The van der Waals surface area contributed by atoms with Crippen molar-refractivity contribution in [3.05, 3.63) is 30.0 Å². The highest BCUT2D eigenvalue weighted by molar-refractivity contribution is 5.86. The molecule has 1 N–H and O–H groups in total. The highest BCUT2D eigenvalue weighted by Crippen LogP contribution is 2.37. The van der Waals surface area contributed by atoms with Gasteiger partial charge in [0, 0.05) is 24.2 Å². The lowest BCUT2D eigenvalue weighted by Crippen LogP contribution is -2.30. The number of rotatable bonds is 9. The first kappa shape index (κ1) is 20.7. The second-order valence-electron chi connectivity index (χ2n) is 6.65. The van der Waals surface area contributed by atoms with Crippen LogP contribution in [0.3, 0.4) is 0 Å². The average molecular weight is 381 g/mol. The summed E-state index contributed by atoms with van der Waals surface area (Å²) >= 11 is 0. The van der Waals surface area contributed by atoms with Crippen molar-refractivity contribution in [2.24, 2.45) is 0 Å². The number of hydrogen-bond donors (Lipinski definition) is 1. The summed E-state index contributed by atoms with van der Waals surface area (Å²) in [5.41, 5.74) is 1.73. The third-order valence-electron chi connectivity index (χ3n) is 4.72. The van der Waals surface area contributed by atoms with Crippen LogP contribution in [0.15, 0.2) is 24.4 Å². The van der Waals surface area contributed by atoms with Gasteiger partial charge in [0.1, 0.15) is 0 Å². The number of halogens is 1. The third-order valence-corrected chi connectivity index (χ3v) is 4.72. The standard InChI is InChI=1S/C20H28N2O3.ClH/c1-3-5-9-22(10-6-4-2)13-18(23)15-7-8-21-17-12-20-19(11-16(15)17)24-14-25-20;/h7-8,11-12,18,23H,3-6,9-10,13-14H2,1-2H3;1H. The van der Waals surface area contributed by atoms with Crippen molar-refractivity contribution in [1.82, 2.24) is 9.88 Å². The van der Waals surface area contributed by atoms with Crippen molar-refractivity contribution in [2.45, 2.75) is 45.6 Å². The number of aliphatic hydroxyl groups excluding tert-OH is 1. The summed E-state index contributed by atoms with van der Waals surface area (Å²) in [6.45, 7) is 7.35. The molecule has 0 fully saturated rings. The summed E-state index contributed by atoms with van der Waals surface area (Å²) in [5, 5.41) is 11.8. The van der Waals surface area contributed by atoms with E-state index in [4.69, 9.17) is 9.47 Å². The Balaban J connectivity index is 0.00000243. The zero-order valence-electron chi connectivity index (χ0n) is 15.6. The lowest BCUT2D eigenvalue weighted by molar-refractivity contribution is 0.112. The number of hydrogen-bond acceptors (Lipinski definition) is 5. The smallest absolute Gasteiger partial charge is 0.231 e. The lowest BCUT2D eigenvalue weighted by atomic mass is 10.0. The molecule has 0 spiro atoms. The van der Waals surface area contributed by atoms with Crippen LogP contribution in [0.25, 0.3) is 10.9 Å². The molecule has 0 bridgehead atoms. The van der Waals surface area contributed by atoms with Crippen LogP contribution >= 0.6 is 12.4 Å². The Bertz CT molecular complexity index is 703. The molecule has 3 rings (SSSR count). The van der Waals surface area contributed by atoms with Gasteiger partial charge in [-0.1, -0.05) is 26.7 Å². The van der Waals surface area contributed by atoms with Crippen molar-refractivity contribution in [1.29, 1.82) is 0 Å². The van der Waals surface area contributed by atoms with Gasteiger partial charge < -0.3 is 19.5 Å². The first-order valence-electron chi connectivity index (χ1n) is 9.31. The van der Waals surface area contributed by atoms with Crippen LogP contribution in [-0.4, -0.2) is 41.4 Å². The second-order valence-corrected chi connectivity index (χ2v) is 6.65. The van der Waals surface area contributed by atoms with E-state index in [9.17, 15) is 5.11 Å². The monoisotopic (exact) mass is 380 g/mol. The zero-order valence-corrected chi connectivity index (χ0v) is 16.4. The summed E-state index contributed by atoms with van der Waals surface area (Å²) in [6.07, 6.45) is 5.87. The maximum absolute atomic E-state index is 10.9. The molecule has 144 valence electrons. The molecule has 1 aromatic carbocycles. The Morgan fingerprint density at radius 1 is 1.12 bits per heavy atom. The number of ether oxygens (including phenoxy) is 2. The maximum Gasteiger partial charge on any atom is 0.231 e. The van der Waals surface area contributed by atoms with Crippen molar-refractivity contribution >= 4 is 23.3 Å². The minimum absolute atomic E-state index is 0. The van der Waals surface area contributed by atoms with Gasteiger partial charge in [0.25, 0.3) is 0 Å². The summed E-state index contributed by atoms with van der Waals surface area (Å²) in [7, 11) is 0. The van der Waals surface area contributed by atoms with Crippen molar-refractivity contribution in [3.8, 4) is 11.5 Å². The van der Waals surface area contributed by atoms with E-state index < -0.39 is 6.10 Å². The van der Waals surface area contributed by atoms with Crippen LogP contribution in [0, 0.1) is 0 Å². The number of benzene rings is 1. The highest BCUT2D eigenvalue weighted by Gasteiger charge is 2.20. The molecule has 1 aromatic heterocycles. The largest absolute Gasteiger partial charge is 0.454 e. The summed E-state index contributed by atoms with van der Waals surface area (Å²) < 4.78 is 10.9. The molecule has 26 heavy (non-hydrogen) atoms. The molecule has 0 saturated carbocycles. The van der Waals surface area contributed by atoms with E-state index in [-0.39, 0.29) is 19.2 Å². The Hall–Kier alpha value is -1.56. The van der Waals surface area contributed by atoms with Gasteiger partial charge in [0.05, 0.1) is 11.6 Å². The lowest BCUT2D eigenvalue weighted by Gasteiger charge is -2.25. The molecule has 5 nitrogen and oxygen atoms in total. The molecule has 0 radical (unpaired) electrons. The van der Waals surface area contributed by atoms with E-state index in [1.54, 1.807) is 6.20 Å². The molecule has 0 aliphatic carbocycles. The summed E-state index contributed by atoms with van der Waals surface area (Å²) in [5.74, 6) is 1.45. The number of nitrogens with zero attached hydrogens (tertiary/aromatic N) is 2. The van der Waals surface area contributed by atoms with Gasteiger partial charge in [-0.05, 0) is 43.6 Å². The molecule has 1 atom stereocenters. The Morgan fingerprint density at radius 3 is 2.42 bits per heavy atom. The third kappa shape index (κ3) is 4.78. The Morgan fingerprint density at radius 2 is 1.77 bits per heavy atom. The van der Waals surface area contributed by atoms with E-state index in [0.29, 0.717) is 6.54 Å². The van der Waals surface area contributed by atoms with E-state index in [1.807, 2.05) is 18.2 Å². The van der Waals surface area contributed by atoms with Crippen LogP contribution in [0.5, 0.6) is 11.5 Å². The molecule has 0 amide bonds. The topological polar surface area (TPSA) is 54.8 Å². The van der Waals surface area contributed by atoms with Gasteiger partial charge in [-0.15, -0.1) is 12.4 Å². The first-order valence-corrected chi connectivity index (χ1v) is 9.31. The van der Waals surface area contributed by atoms with Crippen LogP contribution < -0.4 is 9.47 Å². The van der Waals surface area contributed by atoms with Gasteiger partial charge in [-0.2, -0.15) is 0 Å². The van der Waals surface area contributed by atoms with Gasteiger partial charge in [-0.3, -0.25) is 4.98 Å². The van der Waals surface area contributed by atoms with Crippen LogP contribution in [0.2, 0.25) is 0 Å². The fourth-order valence-electron chi connectivity index (χ4n) is 3.25. The Labute approximate surface area is 161 Å². The van der Waals surface area contributed by atoms with Crippen LogP contribution in [0.1, 0.15) is 51.2 Å². The predicted molar refractivity (Wildman–Crippen MR) is 106 cm³/mol. The molecule has 2 aromatic rings. The minimum Gasteiger partial charge on any atom is -0.454 e. The summed E-state index contributed by atoms with van der Waals surface area (Å²) in [6, 6.07) is 5.73. The predicted octanol–water partition coefficient (Wildman–Crippen LogP) is 4.32. The van der Waals surface area contributed by atoms with Gasteiger partial charge in [0.2, 0.25) is 6.79 Å². The van der Waals surface area contributed by atoms with E-state index in [1.165, 1.54) is 12.8 Å². The van der Waals surface area contributed by atoms with Crippen molar-refractivity contribution in [2.75, 3.05) is 26.4 Å². The molecule has 6 heteroatoms. The van der Waals surface area contributed by atoms with Crippen LogP contribution in [0.4, 0.5) is 0 Å². The van der Waals surface area contributed by atoms with Crippen LogP contribution in [-0.2, 0) is 0 Å². The molecular weight excluding hydrogens is 352 g/mol. The van der Waals surface area contributed by atoms with E-state index >= 15 is 0 Å². The maximum atomic E-state index is 10.9. The van der Waals surface area contributed by atoms with Gasteiger partial charge in [-0.25, -0.2) is 0 Å². The van der Waals surface area contributed by atoms with Gasteiger partial charge >= 0.3 is 0 Å². The number of pyridine rings is 1. The van der Waals surface area contributed by atoms with E-state index in [0.717, 1.165) is 53.9 Å². The molecule has 0 saturated heterocycles. The number of fused-ring (bicyclic) bond motifs is 2. The van der Waals surface area contributed by atoms with Crippen molar-refractivity contribution < 1.29 is 14.6 Å². The first-order chi connectivity index (χ1) is 12.2. The fourth-order valence-corrected chi connectivity index (χ4v) is 3.25. The quantitative estimate of drug-likeness (QED) is 0.702. The number of aromatic nitrogens is 1. The van der Waals surface area contributed by atoms with Gasteiger partial charge in [0.15, 0.2) is 11.5 Å². The molecule has 2 heterocycles. The molecule has 1 unspecified atom stereocenters. The second kappa shape index (κ2) is 9.95.